The van der Waals surface area contributed by atoms with Gasteiger partial charge < -0.3 is 15.0 Å². The lowest BCUT2D eigenvalue weighted by Crippen LogP contribution is -1.97. The van der Waals surface area contributed by atoms with Crippen molar-refractivity contribution >= 4 is 5.88 Å². The molecule has 2 N–H and O–H groups in total. The Morgan fingerprint density at radius 3 is 2.56 bits per heavy atom. The van der Waals surface area contributed by atoms with Gasteiger partial charge in [-0.25, -0.2) is 4.39 Å². The molecule has 1 heterocycles. The van der Waals surface area contributed by atoms with E-state index < -0.39 is 5.82 Å². The molecule has 0 saturated carbocycles. The first-order valence-electron chi connectivity index (χ1n) is 5.63. The van der Waals surface area contributed by atoms with Crippen LogP contribution in [0, 0.1) is 5.82 Å². The lowest BCUT2D eigenvalue weighted by molar-refractivity contribution is 0.386. The summed E-state index contributed by atoms with van der Waals surface area (Å²) in [4.78, 5) is 0. The number of hydrogen-bond donors (Lipinski definition) is 1. The van der Waals surface area contributed by atoms with Gasteiger partial charge in [0.15, 0.2) is 11.6 Å². The van der Waals surface area contributed by atoms with Crippen molar-refractivity contribution in [1.29, 1.82) is 0 Å². The third-order valence-corrected chi connectivity index (χ3v) is 2.74. The second-order valence-electron chi connectivity index (χ2n) is 4.35. The fraction of sp³-hybridized carbons (Fsp3) is 0.308. The molecule has 0 aliphatic heterocycles. The Morgan fingerprint density at radius 1 is 1.33 bits per heavy atom. The number of hydrogen-bond acceptors (Lipinski definition) is 4. The molecular formula is C13H15FN2O2. The van der Waals surface area contributed by atoms with Gasteiger partial charge in [0.05, 0.1) is 7.11 Å². The van der Waals surface area contributed by atoms with Crippen LogP contribution >= 0.6 is 0 Å². The zero-order chi connectivity index (χ0) is 13.3. The first-order valence-corrected chi connectivity index (χ1v) is 5.63. The average Bonchev–Trinajstić information content (AvgIpc) is 2.74. The lowest BCUT2D eigenvalue weighted by atomic mass is 9.98. The fourth-order valence-corrected chi connectivity index (χ4v) is 1.76. The Kier molecular flexibility index (Phi) is 3.23. The van der Waals surface area contributed by atoms with Crippen LogP contribution in [0.5, 0.6) is 5.75 Å². The van der Waals surface area contributed by atoms with E-state index in [4.69, 9.17) is 15.0 Å². The van der Waals surface area contributed by atoms with Gasteiger partial charge >= 0.3 is 0 Å². The Hall–Kier alpha value is -2.04. The van der Waals surface area contributed by atoms with E-state index in [-0.39, 0.29) is 17.6 Å². The molecule has 0 amide bonds. The number of nitrogens with two attached hydrogens (primary N) is 1. The zero-order valence-corrected chi connectivity index (χ0v) is 10.5. The maximum absolute atomic E-state index is 13.9. The normalized spacial score (nSPS) is 10.9. The van der Waals surface area contributed by atoms with Crippen molar-refractivity contribution in [2.45, 2.75) is 19.8 Å². The Morgan fingerprint density at radius 2 is 2.06 bits per heavy atom. The Bertz CT molecular complexity index is 564. The number of benzene rings is 1. The molecule has 5 heteroatoms. The Labute approximate surface area is 105 Å². The highest BCUT2D eigenvalue weighted by molar-refractivity contribution is 5.69. The SMILES string of the molecule is COc1c(F)cc(C(C)C)cc1-c1cc(N)on1. The summed E-state index contributed by atoms with van der Waals surface area (Å²) in [6.45, 7) is 3.98. The van der Waals surface area contributed by atoms with E-state index in [0.717, 1.165) is 5.56 Å². The van der Waals surface area contributed by atoms with Crippen molar-refractivity contribution < 1.29 is 13.7 Å². The predicted molar refractivity (Wildman–Crippen MR) is 67.0 cm³/mol. The molecule has 4 nitrogen and oxygen atoms in total. The maximum atomic E-state index is 13.9. The topological polar surface area (TPSA) is 61.3 Å². The maximum Gasteiger partial charge on any atom is 0.222 e. The molecular weight excluding hydrogens is 235 g/mol. The van der Waals surface area contributed by atoms with Gasteiger partial charge in [-0.15, -0.1) is 0 Å². The average molecular weight is 250 g/mol. The summed E-state index contributed by atoms with van der Waals surface area (Å²) in [5, 5.41) is 3.79. The Balaban J connectivity index is 2.63. The molecule has 0 unspecified atom stereocenters. The molecule has 0 fully saturated rings. The number of methoxy groups -OCH3 is 1. The van der Waals surface area contributed by atoms with E-state index in [9.17, 15) is 4.39 Å². The third kappa shape index (κ3) is 2.16. The third-order valence-electron chi connectivity index (χ3n) is 2.74. The first kappa shape index (κ1) is 12.4. The molecule has 0 spiro atoms. The second kappa shape index (κ2) is 4.68. The van der Waals surface area contributed by atoms with E-state index >= 15 is 0 Å². The highest BCUT2D eigenvalue weighted by atomic mass is 19.1. The van der Waals surface area contributed by atoms with Gasteiger partial charge in [-0.05, 0) is 23.6 Å². The van der Waals surface area contributed by atoms with Crippen molar-refractivity contribution in [3.63, 3.8) is 0 Å². The van der Waals surface area contributed by atoms with E-state index in [0.29, 0.717) is 11.3 Å². The number of rotatable bonds is 3. The van der Waals surface area contributed by atoms with Crippen LogP contribution < -0.4 is 10.5 Å². The van der Waals surface area contributed by atoms with Crippen LogP contribution in [0.3, 0.4) is 0 Å². The largest absolute Gasteiger partial charge is 0.493 e. The van der Waals surface area contributed by atoms with Gasteiger partial charge in [0.2, 0.25) is 5.88 Å². The molecule has 1 aromatic carbocycles. The van der Waals surface area contributed by atoms with E-state index in [1.165, 1.54) is 13.2 Å². The molecule has 0 radical (unpaired) electrons. The van der Waals surface area contributed by atoms with Crippen molar-refractivity contribution in [3.05, 3.63) is 29.6 Å². The molecule has 2 rings (SSSR count). The summed E-state index contributed by atoms with van der Waals surface area (Å²) in [5.41, 5.74) is 7.35. The highest BCUT2D eigenvalue weighted by Crippen LogP contribution is 2.35. The molecule has 0 atom stereocenters. The number of ether oxygens (including phenoxy) is 1. The molecule has 0 saturated heterocycles. The monoisotopic (exact) mass is 250 g/mol. The minimum Gasteiger partial charge on any atom is -0.493 e. The quantitative estimate of drug-likeness (QED) is 0.908. The second-order valence-corrected chi connectivity index (χ2v) is 4.35. The molecule has 96 valence electrons. The smallest absolute Gasteiger partial charge is 0.222 e. The standard InChI is InChI=1S/C13H15FN2O2/c1-7(2)8-4-9(11-6-12(15)18-16-11)13(17-3)10(14)5-8/h4-7H,15H2,1-3H3. The van der Waals surface area contributed by atoms with Crippen molar-refractivity contribution in [3.8, 4) is 17.0 Å². The summed E-state index contributed by atoms with van der Waals surface area (Å²) >= 11 is 0. The van der Waals surface area contributed by atoms with Crippen LogP contribution in [0.25, 0.3) is 11.3 Å². The summed E-state index contributed by atoms with van der Waals surface area (Å²) in [6.07, 6.45) is 0. The summed E-state index contributed by atoms with van der Waals surface area (Å²) in [7, 11) is 1.42. The number of anilines is 1. The van der Waals surface area contributed by atoms with Gasteiger partial charge in [-0.1, -0.05) is 19.0 Å². The van der Waals surface area contributed by atoms with Gasteiger partial charge in [-0.3, -0.25) is 0 Å². The number of nitrogens with zero attached hydrogens (tertiary/aromatic N) is 1. The molecule has 0 aliphatic carbocycles. The molecule has 0 bridgehead atoms. The van der Waals surface area contributed by atoms with Crippen molar-refractivity contribution in [1.82, 2.24) is 5.16 Å². The summed E-state index contributed by atoms with van der Waals surface area (Å²) in [5.74, 6) is 0.115. The minimum atomic E-state index is -0.416. The van der Waals surface area contributed by atoms with Crippen LogP contribution in [0.2, 0.25) is 0 Å². The summed E-state index contributed by atoms with van der Waals surface area (Å²) < 4.78 is 23.8. The number of aromatic nitrogens is 1. The van der Waals surface area contributed by atoms with E-state index in [1.54, 1.807) is 6.07 Å². The zero-order valence-electron chi connectivity index (χ0n) is 10.5. The minimum absolute atomic E-state index is 0.146. The highest BCUT2D eigenvalue weighted by Gasteiger charge is 2.17. The molecule has 2 aromatic rings. The molecule has 18 heavy (non-hydrogen) atoms. The van der Waals surface area contributed by atoms with E-state index in [2.05, 4.69) is 5.16 Å². The number of halogens is 1. The predicted octanol–water partition coefficient (Wildman–Crippen LogP) is 3.19. The van der Waals surface area contributed by atoms with Crippen LogP contribution in [-0.2, 0) is 0 Å². The lowest BCUT2D eigenvalue weighted by Gasteiger charge is -2.12. The van der Waals surface area contributed by atoms with Gasteiger partial charge in [-0.2, -0.15) is 0 Å². The van der Waals surface area contributed by atoms with Crippen LogP contribution in [0.4, 0.5) is 10.3 Å². The van der Waals surface area contributed by atoms with Crippen molar-refractivity contribution in [2.75, 3.05) is 12.8 Å². The molecule has 0 aliphatic rings. The van der Waals surface area contributed by atoms with Crippen molar-refractivity contribution in [2.24, 2.45) is 0 Å². The van der Waals surface area contributed by atoms with Gasteiger partial charge in [0, 0.05) is 11.6 Å². The van der Waals surface area contributed by atoms with Crippen LogP contribution in [0.15, 0.2) is 22.7 Å². The summed E-state index contributed by atoms with van der Waals surface area (Å²) in [6, 6.07) is 4.85. The van der Waals surface area contributed by atoms with Crippen LogP contribution in [-0.4, -0.2) is 12.3 Å². The van der Waals surface area contributed by atoms with E-state index in [1.807, 2.05) is 19.9 Å². The van der Waals surface area contributed by atoms with Gasteiger partial charge in [0.1, 0.15) is 5.69 Å². The van der Waals surface area contributed by atoms with Gasteiger partial charge in [0.25, 0.3) is 0 Å². The first-order chi connectivity index (χ1) is 8.52. The fourth-order valence-electron chi connectivity index (χ4n) is 1.76. The number of nitrogen functional groups attached to an aromatic ring is 1. The van der Waals surface area contributed by atoms with Crippen LogP contribution in [0.1, 0.15) is 25.3 Å². The molecule has 1 aromatic heterocycles.